The smallest absolute Gasteiger partial charge is 0.159 e. The molecule has 0 radical (unpaired) electrons. The van der Waals surface area contributed by atoms with Crippen molar-refractivity contribution in [3.63, 3.8) is 0 Å². The number of hydrogen-bond acceptors (Lipinski definition) is 2. The summed E-state index contributed by atoms with van der Waals surface area (Å²) in [6, 6.07) is 4.70. The molecule has 3 atom stereocenters. The summed E-state index contributed by atoms with van der Waals surface area (Å²) in [5.74, 6) is -1.59. The van der Waals surface area contributed by atoms with Crippen LogP contribution in [0.25, 0.3) is 0 Å². The first-order valence-electron chi connectivity index (χ1n) is 6.53. The largest absolute Gasteiger partial charge is 0.328 e. The Morgan fingerprint density at radius 2 is 2.06 bits per heavy atom. The molecule has 0 amide bonds. The Morgan fingerprint density at radius 1 is 1.28 bits per heavy atom. The van der Waals surface area contributed by atoms with E-state index in [4.69, 9.17) is 5.73 Å². The van der Waals surface area contributed by atoms with Gasteiger partial charge in [0.15, 0.2) is 11.6 Å². The number of hydrogen-bond donors (Lipinski definition) is 2. The predicted octanol–water partition coefficient (Wildman–Crippen LogP) is 2.89. The average Bonchev–Trinajstić information content (AvgIpc) is 2.32. The van der Waals surface area contributed by atoms with Crippen LogP contribution in [0, 0.1) is 11.6 Å². The lowest BCUT2D eigenvalue weighted by Crippen LogP contribution is -2.40. The molecule has 0 saturated heterocycles. The molecule has 4 heteroatoms. The number of nitrogens with one attached hydrogen (secondary N) is 1. The van der Waals surface area contributed by atoms with E-state index in [1.807, 2.05) is 6.92 Å². The molecule has 0 aromatic heterocycles. The minimum atomic E-state index is -0.800. The van der Waals surface area contributed by atoms with Crippen molar-refractivity contribution >= 4 is 0 Å². The van der Waals surface area contributed by atoms with Crippen LogP contribution < -0.4 is 11.1 Å². The third kappa shape index (κ3) is 3.27. The highest BCUT2D eigenvalue weighted by atomic mass is 19.2. The predicted molar refractivity (Wildman–Crippen MR) is 68.1 cm³/mol. The van der Waals surface area contributed by atoms with Gasteiger partial charge in [-0.2, -0.15) is 0 Å². The van der Waals surface area contributed by atoms with Gasteiger partial charge in [-0.15, -0.1) is 0 Å². The molecule has 1 aliphatic carbocycles. The zero-order valence-corrected chi connectivity index (χ0v) is 10.6. The van der Waals surface area contributed by atoms with E-state index < -0.39 is 11.6 Å². The van der Waals surface area contributed by atoms with Gasteiger partial charge in [-0.1, -0.05) is 12.5 Å². The van der Waals surface area contributed by atoms with E-state index in [-0.39, 0.29) is 12.1 Å². The number of benzene rings is 1. The van der Waals surface area contributed by atoms with Gasteiger partial charge in [0, 0.05) is 18.1 Å². The minimum absolute atomic E-state index is 0.00963. The molecular formula is C14H20F2N2. The van der Waals surface area contributed by atoms with Crippen molar-refractivity contribution in [2.45, 2.75) is 50.7 Å². The minimum Gasteiger partial charge on any atom is -0.328 e. The van der Waals surface area contributed by atoms with Crippen molar-refractivity contribution in [3.05, 3.63) is 35.4 Å². The summed E-state index contributed by atoms with van der Waals surface area (Å²) in [5.41, 5.74) is 6.71. The first-order valence-corrected chi connectivity index (χ1v) is 6.53. The fourth-order valence-corrected chi connectivity index (χ4v) is 2.61. The Kier molecular flexibility index (Phi) is 4.30. The molecule has 1 aromatic carbocycles. The number of nitrogens with two attached hydrogens (primary N) is 1. The van der Waals surface area contributed by atoms with Gasteiger partial charge in [0.05, 0.1) is 0 Å². The van der Waals surface area contributed by atoms with Crippen molar-refractivity contribution in [1.29, 1.82) is 0 Å². The van der Waals surface area contributed by atoms with Gasteiger partial charge in [-0.3, -0.25) is 0 Å². The van der Waals surface area contributed by atoms with Crippen LogP contribution in [0.3, 0.4) is 0 Å². The highest BCUT2D eigenvalue weighted by Gasteiger charge is 2.21. The van der Waals surface area contributed by atoms with Crippen molar-refractivity contribution in [1.82, 2.24) is 5.32 Å². The molecule has 2 nitrogen and oxygen atoms in total. The Hall–Kier alpha value is -1.00. The van der Waals surface area contributed by atoms with Gasteiger partial charge in [0.2, 0.25) is 0 Å². The van der Waals surface area contributed by atoms with Gasteiger partial charge in [-0.25, -0.2) is 8.78 Å². The number of rotatable bonds is 3. The summed E-state index contributed by atoms with van der Waals surface area (Å²) >= 11 is 0. The maximum Gasteiger partial charge on any atom is 0.159 e. The maximum atomic E-state index is 13.2. The zero-order chi connectivity index (χ0) is 13.1. The van der Waals surface area contributed by atoms with Crippen LogP contribution in [0.15, 0.2) is 18.2 Å². The molecule has 1 aliphatic rings. The van der Waals surface area contributed by atoms with Crippen molar-refractivity contribution in [2.24, 2.45) is 5.73 Å². The Morgan fingerprint density at radius 3 is 2.72 bits per heavy atom. The van der Waals surface area contributed by atoms with Crippen LogP contribution in [0.1, 0.15) is 44.2 Å². The van der Waals surface area contributed by atoms with Crippen LogP contribution in [0.2, 0.25) is 0 Å². The van der Waals surface area contributed by atoms with E-state index in [9.17, 15) is 8.78 Å². The van der Waals surface area contributed by atoms with Crippen molar-refractivity contribution in [3.8, 4) is 0 Å². The lowest BCUT2D eigenvalue weighted by molar-refractivity contribution is 0.318. The Labute approximate surface area is 107 Å². The molecule has 2 rings (SSSR count). The summed E-state index contributed by atoms with van der Waals surface area (Å²) in [5, 5.41) is 3.44. The van der Waals surface area contributed by atoms with Crippen LogP contribution in [0.5, 0.6) is 0 Å². The molecule has 0 aliphatic heterocycles. The molecule has 3 unspecified atom stereocenters. The van der Waals surface area contributed by atoms with Crippen molar-refractivity contribution < 1.29 is 8.78 Å². The van der Waals surface area contributed by atoms with E-state index in [1.165, 1.54) is 12.1 Å². The summed E-state index contributed by atoms with van der Waals surface area (Å²) in [6.45, 7) is 1.97. The fraction of sp³-hybridized carbons (Fsp3) is 0.571. The highest BCUT2D eigenvalue weighted by molar-refractivity contribution is 5.20. The molecular weight excluding hydrogens is 234 g/mol. The SMILES string of the molecule is CC(NC1CCCC(N)C1)c1ccc(F)c(F)c1. The summed E-state index contributed by atoms with van der Waals surface area (Å²) in [4.78, 5) is 0. The third-order valence-electron chi connectivity index (χ3n) is 3.64. The molecule has 100 valence electrons. The lowest BCUT2D eigenvalue weighted by Gasteiger charge is -2.30. The van der Waals surface area contributed by atoms with E-state index in [1.54, 1.807) is 6.07 Å². The number of halogens is 2. The van der Waals surface area contributed by atoms with Crippen LogP contribution in [0.4, 0.5) is 8.78 Å². The van der Waals surface area contributed by atoms with E-state index in [2.05, 4.69) is 5.32 Å². The molecule has 1 fully saturated rings. The topological polar surface area (TPSA) is 38.0 Å². The van der Waals surface area contributed by atoms with Gasteiger partial charge in [0.25, 0.3) is 0 Å². The zero-order valence-electron chi connectivity index (χ0n) is 10.6. The first-order chi connectivity index (χ1) is 8.56. The molecule has 3 N–H and O–H groups in total. The fourth-order valence-electron chi connectivity index (χ4n) is 2.61. The van der Waals surface area contributed by atoms with Gasteiger partial charge >= 0.3 is 0 Å². The van der Waals surface area contributed by atoms with Crippen LogP contribution in [-0.4, -0.2) is 12.1 Å². The van der Waals surface area contributed by atoms with Crippen molar-refractivity contribution in [2.75, 3.05) is 0 Å². The first kappa shape index (κ1) is 13.4. The monoisotopic (exact) mass is 254 g/mol. The second-order valence-electron chi connectivity index (χ2n) is 5.19. The van der Waals surface area contributed by atoms with Crippen LogP contribution >= 0.6 is 0 Å². The Bertz CT molecular complexity index is 409. The van der Waals surface area contributed by atoms with Crippen LogP contribution in [-0.2, 0) is 0 Å². The quantitative estimate of drug-likeness (QED) is 0.870. The second kappa shape index (κ2) is 5.76. The summed E-state index contributed by atoms with van der Waals surface area (Å²) in [7, 11) is 0. The normalized spacial score (nSPS) is 26.0. The molecule has 1 saturated carbocycles. The van der Waals surface area contributed by atoms with E-state index in [0.29, 0.717) is 6.04 Å². The third-order valence-corrected chi connectivity index (χ3v) is 3.64. The summed E-state index contributed by atoms with van der Waals surface area (Å²) in [6.07, 6.45) is 4.26. The molecule has 0 heterocycles. The highest BCUT2D eigenvalue weighted by Crippen LogP contribution is 2.22. The van der Waals surface area contributed by atoms with E-state index in [0.717, 1.165) is 31.2 Å². The summed E-state index contributed by atoms with van der Waals surface area (Å²) < 4.78 is 26.0. The lowest BCUT2D eigenvalue weighted by atomic mass is 9.91. The molecule has 1 aromatic rings. The molecule has 0 bridgehead atoms. The van der Waals surface area contributed by atoms with Gasteiger partial charge < -0.3 is 11.1 Å². The Balaban J connectivity index is 1.98. The van der Waals surface area contributed by atoms with Gasteiger partial charge in [-0.05, 0) is 43.9 Å². The van der Waals surface area contributed by atoms with E-state index >= 15 is 0 Å². The average molecular weight is 254 g/mol. The van der Waals surface area contributed by atoms with Gasteiger partial charge in [0.1, 0.15) is 0 Å². The molecule has 0 spiro atoms. The molecule has 18 heavy (non-hydrogen) atoms. The standard InChI is InChI=1S/C14H20F2N2/c1-9(10-5-6-13(15)14(16)7-10)18-12-4-2-3-11(17)8-12/h5-7,9,11-12,18H,2-4,8,17H2,1H3. The maximum absolute atomic E-state index is 13.2. The second-order valence-corrected chi connectivity index (χ2v) is 5.19.